The van der Waals surface area contributed by atoms with Crippen molar-refractivity contribution >= 4 is 0 Å². The van der Waals surface area contributed by atoms with Gasteiger partial charge in [0.05, 0.1) is 0 Å². The molecule has 2 fully saturated rings. The summed E-state index contributed by atoms with van der Waals surface area (Å²) in [7, 11) is 0. The van der Waals surface area contributed by atoms with Gasteiger partial charge < -0.3 is 5.11 Å². The number of fused-ring (bicyclic) bond motifs is 2. The highest BCUT2D eigenvalue weighted by Crippen LogP contribution is 2.50. The predicted molar refractivity (Wildman–Crippen MR) is 49.8 cm³/mol. The zero-order chi connectivity index (χ0) is 8.55. The molecule has 0 aliphatic heterocycles. The molecule has 1 heteroatoms. The predicted octanol–water partition coefficient (Wildman–Crippen LogP) is 2.44. The van der Waals surface area contributed by atoms with Crippen molar-refractivity contribution in [3.63, 3.8) is 0 Å². The van der Waals surface area contributed by atoms with Crippen molar-refractivity contribution in [3.8, 4) is 0 Å². The summed E-state index contributed by atoms with van der Waals surface area (Å²) < 4.78 is 0. The van der Waals surface area contributed by atoms with E-state index in [0.717, 1.165) is 17.8 Å². The molecular weight excluding hydrogens is 148 g/mol. The number of aliphatic hydroxyl groups excluding tert-OH is 1. The summed E-state index contributed by atoms with van der Waals surface area (Å²) in [4.78, 5) is 0. The Balaban J connectivity index is 1.82. The van der Waals surface area contributed by atoms with Crippen LogP contribution in [0.4, 0.5) is 0 Å². The van der Waals surface area contributed by atoms with E-state index in [1.165, 1.54) is 32.1 Å². The second-order valence-electron chi connectivity index (χ2n) is 4.96. The first-order chi connectivity index (χ1) is 5.79. The molecule has 12 heavy (non-hydrogen) atoms. The zero-order valence-corrected chi connectivity index (χ0v) is 8.00. The molecule has 0 aromatic carbocycles. The van der Waals surface area contributed by atoms with Gasteiger partial charge >= 0.3 is 0 Å². The van der Waals surface area contributed by atoms with Gasteiger partial charge in [0, 0.05) is 6.61 Å². The van der Waals surface area contributed by atoms with Crippen molar-refractivity contribution in [2.45, 2.75) is 39.0 Å². The average molecular weight is 168 g/mol. The van der Waals surface area contributed by atoms with Crippen LogP contribution in [0.25, 0.3) is 0 Å². The largest absolute Gasteiger partial charge is 0.396 e. The second kappa shape index (κ2) is 3.37. The first-order valence-electron chi connectivity index (χ1n) is 5.40. The number of aliphatic hydroxyl groups is 1. The Morgan fingerprint density at radius 2 is 2.17 bits per heavy atom. The van der Waals surface area contributed by atoms with E-state index < -0.39 is 0 Å². The lowest BCUT2D eigenvalue weighted by Gasteiger charge is -2.23. The Kier molecular flexibility index (Phi) is 2.40. The van der Waals surface area contributed by atoms with Crippen LogP contribution in [0.2, 0.25) is 0 Å². The van der Waals surface area contributed by atoms with E-state index in [-0.39, 0.29) is 0 Å². The molecule has 0 saturated heterocycles. The Labute approximate surface area is 75.2 Å². The Hall–Kier alpha value is -0.0400. The molecule has 2 rings (SSSR count). The molecule has 2 saturated carbocycles. The van der Waals surface area contributed by atoms with Gasteiger partial charge in [-0.25, -0.2) is 0 Å². The van der Waals surface area contributed by atoms with Crippen LogP contribution in [0.5, 0.6) is 0 Å². The van der Waals surface area contributed by atoms with Gasteiger partial charge in [0.1, 0.15) is 0 Å². The standard InChI is InChI=1S/C11H20O/c1-8(7-12)4-11-6-9-2-3-10(11)5-9/h8-12H,2-7H2,1H3. The Morgan fingerprint density at radius 1 is 1.33 bits per heavy atom. The first kappa shape index (κ1) is 8.55. The molecule has 0 amide bonds. The van der Waals surface area contributed by atoms with Crippen molar-refractivity contribution in [2.75, 3.05) is 6.61 Å². The maximum Gasteiger partial charge on any atom is 0.0456 e. The summed E-state index contributed by atoms with van der Waals surface area (Å²) in [6, 6.07) is 0. The number of rotatable bonds is 3. The minimum atomic E-state index is 0.383. The lowest BCUT2D eigenvalue weighted by molar-refractivity contribution is 0.190. The number of hydrogen-bond donors (Lipinski definition) is 1. The molecule has 2 bridgehead atoms. The third kappa shape index (κ3) is 1.52. The molecule has 0 heterocycles. The SMILES string of the molecule is CC(CO)CC1CC2CCC1C2. The van der Waals surface area contributed by atoms with Gasteiger partial charge in [-0.15, -0.1) is 0 Å². The highest BCUT2D eigenvalue weighted by molar-refractivity contribution is 4.90. The van der Waals surface area contributed by atoms with Crippen LogP contribution in [-0.2, 0) is 0 Å². The fraction of sp³-hybridized carbons (Fsp3) is 1.00. The van der Waals surface area contributed by atoms with Crippen molar-refractivity contribution < 1.29 is 5.11 Å². The van der Waals surface area contributed by atoms with Gasteiger partial charge in [-0.05, 0) is 49.4 Å². The molecule has 2 aliphatic rings. The Morgan fingerprint density at radius 3 is 2.67 bits per heavy atom. The molecule has 0 aromatic heterocycles. The van der Waals surface area contributed by atoms with E-state index in [4.69, 9.17) is 5.11 Å². The summed E-state index contributed by atoms with van der Waals surface area (Å²) in [5.41, 5.74) is 0. The van der Waals surface area contributed by atoms with Crippen LogP contribution in [0.1, 0.15) is 39.0 Å². The summed E-state index contributed by atoms with van der Waals surface area (Å²) in [6.07, 6.45) is 7.22. The molecule has 4 atom stereocenters. The van der Waals surface area contributed by atoms with Crippen molar-refractivity contribution in [2.24, 2.45) is 23.7 Å². The maximum absolute atomic E-state index is 8.97. The van der Waals surface area contributed by atoms with Gasteiger partial charge in [-0.1, -0.05) is 13.3 Å². The summed E-state index contributed by atoms with van der Waals surface area (Å²) in [5.74, 6) is 3.59. The van der Waals surface area contributed by atoms with E-state index >= 15 is 0 Å². The van der Waals surface area contributed by atoms with E-state index in [2.05, 4.69) is 6.92 Å². The number of hydrogen-bond acceptors (Lipinski definition) is 1. The minimum Gasteiger partial charge on any atom is -0.396 e. The van der Waals surface area contributed by atoms with E-state index in [1.807, 2.05) is 0 Å². The molecule has 1 nitrogen and oxygen atoms in total. The van der Waals surface area contributed by atoms with Gasteiger partial charge in [-0.3, -0.25) is 0 Å². The minimum absolute atomic E-state index is 0.383. The third-order valence-corrected chi connectivity index (χ3v) is 3.90. The van der Waals surface area contributed by atoms with E-state index in [0.29, 0.717) is 12.5 Å². The zero-order valence-electron chi connectivity index (χ0n) is 8.00. The fourth-order valence-corrected chi connectivity index (χ4v) is 3.26. The monoisotopic (exact) mass is 168 g/mol. The van der Waals surface area contributed by atoms with Crippen LogP contribution in [0.3, 0.4) is 0 Å². The third-order valence-electron chi connectivity index (χ3n) is 3.90. The van der Waals surface area contributed by atoms with Crippen molar-refractivity contribution in [1.29, 1.82) is 0 Å². The van der Waals surface area contributed by atoms with Gasteiger partial charge in [-0.2, -0.15) is 0 Å². The van der Waals surface area contributed by atoms with Crippen LogP contribution >= 0.6 is 0 Å². The van der Waals surface area contributed by atoms with E-state index in [1.54, 1.807) is 0 Å². The van der Waals surface area contributed by atoms with Crippen LogP contribution in [0, 0.1) is 23.7 Å². The highest BCUT2D eigenvalue weighted by atomic mass is 16.3. The lowest BCUT2D eigenvalue weighted by atomic mass is 9.83. The fourth-order valence-electron chi connectivity index (χ4n) is 3.26. The first-order valence-corrected chi connectivity index (χ1v) is 5.40. The Bertz CT molecular complexity index is 155. The highest BCUT2D eigenvalue weighted by Gasteiger charge is 2.39. The molecule has 1 N–H and O–H groups in total. The topological polar surface area (TPSA) is 20.2 Å². The van der Waals surface area contributed by atoms with Gasteiger partial charge in [0.15, 0.2) is 0 Å². The molecule has 0 radical (unpaired) electrons. The van der Waals surface area contributed by atoms with Crippen LogP contribution in [0.15, 0.2) is 0 Å². The van der Waals surface area contributed by atoms with Crippen LogP contribution < -0.4 is 0 Å². The molecule has 4 unspecified atom stereocenters. The summed E-state index contributed by atoms with van der Waals surface area (Å²) in [6.45, 7) is 2.56. The van der Waals surface area contributed by atoms with E-state index in [9.17, 15) is 0 Å². The van der Waals surface area contributed by atoms with Gasteiger partial charge in [0.2, 0.25) is 0 Å². The van der Waals surface area contributed by atoms with Crippen LogP contribution in [-0.4, -0.2) is 11.7 Å². The van der Waals surface area contributed by atoms with Crippen molar-refractivity contribution in [3.05, 3.63) is 0 Å². The summed E-state index contributed by atoms with van der Waals surface area (Å²) >= 11 is 0. The second-order valence-corrected chi connectivity index (χ2v) is 4.96. The molecule has 0 aromatic rings. The maximum atomic E-state index is 8.97. The molecule has 2 aliphatic carbocycles. The average Bonchev–Trinajstić information content (AvgIpc) is 2.64. The lowest BCUT2D eigenvalue weighted by Crippen LogP contribution is -2.15. The summed E-state index contributed by atoms with van der Waals surface area (Å²) in [5, 5.41) is 8.97. The smallest absolute Gasteiger partial charge is 0.0456 e. The normalized spacial score (nSPS) is 42.0. The molecule has 70 valence electrons. The molecule has 0 spiro atoms. The van der Waals surface area contributed by atoms with Gasteiger partial charge in [0.25, 0.3) is 0 Å². The van der Waals surface area contributed by atoms with Crippen molar-refractivity contribution in [1.82, 2.24) is 0 Å². The molecular formula is C11H20O. The quantitative estimate of drug-likeness (QED) is 0.686.